The van der Waals surface area contributed by atoms with Crippen LogP contribution in [0.25, 0.3) is 10.8 Å². The van der Waals surface area contributed by atoms with Crippen molar-refractivity contribution in [3.63, 3.8) is 0 Å². The Morgan fingerprint density at radius 2 is 2.00 bits per heavy atom. The zero-order valence-electron chi connectivity index (χ0n) is 9.36. The third-order valence-corrected chi connectivity index (χ3v) is 2.54. The first-order valence-corrected chi connectivity index (χ1v) is 5.36. The topological polar surface area (TPSA) is 47.3 Å². The third-order valence-electron chi connectivity index (χ3n) is 2.54. The molecule has 0 aliphatic heterocycles. The maximum atomic E-state index is 5.48. The molecule has 84 valence electrons. The van der Waals surface area contributed by atoms with Crippen LogP contribution in [0.1, 0.15) is 0 Å². The lowest BCUT2D eigenvalue weighted by molar-refractivity contribution is 0.421. The lowest BCUT2D eigenvalue weighted by Crippen LogP contribution is -2.13. The molecule has 0 fully saturated rings. The van der Waals surface area contributed by atoms with E-state index in [1.807, 2.05) is 18.2 Å². The van der Waals surface area contributed by atoms with Crippen molar-refractivity contribution >= 4 is 16.5 Å². The summed E-state index contributed by atoms with van der Waals surface area (Å²) in [6.07, 6.45) is 0. The summed E-state index contributed by atoms with van der Waals surface area (Å²) in [7, 11) is 1.69. The molecular formula is C13H16N2O. The molecule has 0 aliphatic carbocycles. The van der Waals surface area contributed by atoms with Crippen LogP contribution in [-0.4, -0.2) is 20.2 Å². The van der Waals surface area contributed by atoms with E-state index >= 15 is 0 Å². The first kappa shape index (κ1) is 10.8. The fraction of sp³-hybridized carbons (Fsp3) is 0.231. The number of rotatable bonds is 4. The number of fused-ring (bicyclic) bond motifs is 1. The fourth-order valence-electron chi connectivity index (χ4n) is 1.81. The second-order valence-electron chi connectivity index (χ2n) is 3.58. The number of hydrogen-bond acceptors (Lipinski definition) is 3. The molecule has 3 heteroatoms. The van der Waals surface area contributed by atoms with Crippen LogP contribution in [0.5, 0.6) is 5.75 Å². The van der Waals surface area contributed by atoms with E-state index in [1.54, 1.807) is 7.11 Å². The fourth-order valence-corrected chi connectivity index (χ4v) is 1.81. The Balaban J connectivity index is 2.50. The molecule has 0 bridgehead atoms. The van der Waals surface area contributed by atoms with Crippen LogP contribution in [-0.2, 0) is 0 Å². The second-order valence-corrected chi connectivity index (χ2v) is 3.58. The number of benzene rings is 2. The Labute approximate surface area is 95.2 Å². The molecule has 16 heavy (non-hydrogen) atoms. The van der Waals surface area contributed by atoms with Crippen molar-refractivity contribution in [3.05, 3.63) is 36.4 Å². The van der Waals surface area contributed by atoms with Gasteiger partial charge in [0, 0.05) is 18.5 Å². The zero-order chi connectivity index (χ0) is 11.4. The number of anilines is 1. The average molecular weight is 216 g/mol. The second kappa shape index (κ2) is 4.86. The molecule has 0 atom stereocenters. The van der Waals surface area contributed by atoms with Gasteiger partial charge in [0.1, 0.15) is 5.75 Å². The van der Waals surface area contributed by atoms with Crippen LogP contribution in [0, 0.1) is 0 Å². The Morgan fingerprint density at radius 1 is 1.19 bits per heavy atom. The molecular weight excluding hydrogens is 200 g/mol. The molecule has 2 aromatic rings. The Morgan fingerprint density at radius 3 is 2.75 bits per heavy atom. The van der Waals surface area contributed by atoms with Crippen molar-refractivity contribution in [2.75, 3.05) is 25.5 Å². The van der Waals surface area contributed by atoms with Gasteiger partial charge in [-0.25, -0.2) is 0 Å². The minimum atomic E-state index is 0.607. The van der Waals surface area contributed by atoms with Crippen molar-refractivity contribution in [3.8, 4) is 5.75 Å². The SMILES string of the molecule is COc1c(NCCN)ccc2ccccc12. The van der Waals surface area contributed by atoms with Crippen molar-refractivity contribution in [2.45, 2.75) is 0 Å². The molecule has 3 N–H and O–H groups in total. The molecule has 0 heterocycles. The number of nitrogens with one attached hydrogen (secondary N) is 1. The van der Waals surface area contributed by atoms with Crippen LogP contribution >= 0.6 is 0 Å². The summed E-state index contributed by atoms with van der Waals surface area (Å²) < 4.78 is 5.45. The van der Waals surface area contributed by atoms with E-state index in [2.05, 4.69) is 23.5 Å². The summed E-state index contributed by atoms with van der Waals surface area (Å²) in [5.41, 5.74) is 6.47. The Kier molecular flexibility index (Phi) is 3.27. The van der Waals surface area contributed by atoms with Crippen molar-refractivity contribution in [2.24, 2.45) is 5.73 Å². The molecule has 0 spiro atoms. The lowest BCUT2D eigenvalue weighted by Gasteiger charge is -2.13. The van der Waals surface area contributed by atoms with E-state index in [0.29, 0.717) is 6.54 Å². The van der Waals surface area contributed by atoms with Crippen molar-refractivity contribution in [1.29, 1.82) is 0 Å². The summed E-state index contributed by atoms with van der Waals surface area (Å²) in [6.45, 7) is 1.35. The van der Waals surface area contributed by atoms with Crippen molar-refractivity contribution in [1.82, 2.24) is 0 Å². The first-order valence-electron chi connectivity index (χ1n) is 5.36. The predicted molar refractivity (Wildman–Crippen MR) is 68.0 cm³/mol. The quantitative estimate of drug-likeness (QED) is 0.823. The number of ether oxygens (including phenoxy) is 1. The summed E-state index contributed by atoms with van der Waals surface area (Å²) in [5, 5.41) is 5.55. The standard InChI is InChI=1S/C13H16N2O/c1-16-13-11-5-3-2-4-10(11)6-7-12(13)15-9-8-14/h2-7,15H,8-9,14H2,1H3. The summed E-state index contributed by atoms with van der Waals surface area (Å²) in [5.74, 6) is 0.881. The normalized spacial score (nSPS) is 10.4. The molecule has 0 aliphatic rings. The molecule has 0 amide bonds. The molecule has 0 unspecified atom stereocenters. The number of methoxy groups -OCH3 is 1. The van der Waals surface area contributed by atoms with Gasteiger partial charge in [-0.05, 0) is 11.5 Å². The molecule has 0 saturated carbocycles. The van der Waals surface area contributed by atoms with Gasteiger partial charge in [0.05, 0.1) is 12.8 Å². The van der Waals surface area contributed by atoms with E-state index in [4.69, 9.17) is 10.5 Å². The van der Waals surface area contributed by atoms with Crippen LogP contribution in [0.2, 0.25) is 0 Å². The molecule has 2 rings (SSSR count). The Bertz CT molecular complexity index is 482. The highest BCUT2D eigenvalue weighted by atomic mass is 16.5. The van der Waals surface area contributed by atoms with E-state index < -0.39 is 0 Å². The average Bonchev–Trinajstić information content (AvgIpc) is 2.35. The lowest BCUT2D eigenvalue weighted by atomic mass is 10.1. The summed E-state index contributed by atoms with van der Waals surface area (Å²) in [6, 6.07) is 12.3. The first-order chi connectivity index (χ1) is 7.86. The van der Waals surface area contributed by atoms with Gasteiger partial charge in [-0.1, -0.05) is 30.3 Å². The van der Waals surface area contributed by atoms with E-state index in [9.17, 15) is 0 Å². The maximum Gasteiger partial charge on any atom is 0.149 e. The summed E-state index contributed by atoms with van der Waals surface area (Å²) in [4.78, 5) is 0. The van der Waals surface area contributed by atoms with Gasteiger partial charge < -0.3 is 15.8 Å². The highest BCUT2D eigenvalue weighted by Crippen LogP contribution is 2.33. The minimum absolute atomic E-state index is 0.607. The molecule has 0 radical (unpaired) electrons. The largest absolute Gasteiger partial charge is 0.494 e. The van der Waals surface area contributed by atoms with Gasteiger partial charge in [0.25, 0.3) is 0 Å². The van der Waals surface area contributed by atoms with E-state index in [0.717, 1.165) is 23.4 Å². The smallest absolute Gasteiger partial charge is 0.149 e. The van der Waals surface area contributed by atoms with Crippen LogP contribution < -0.4 is 15.8 Å². The van der Waals surface area contributed by atoms with Gasteiger partial charge in [0.2, 0.25) is 0 Å². The molecule has 0 aromatic heterocycles. The molecule has 2 aromatic carbocycles. The maximum absolute atomic E-state index is 5.48. The van der Waals surface area contributed by atoms with Crippen LogP contribution in [0.3, 0.4) is 0 Å². The van der Waals surface area contributed by atoms with Gasteiger partial charge in [-0.3, -0.25) is 0 Å². The van der Waals surface area contributed by atoms with Crippen molar-refractivity contribution < 1.29 is 4.74 Å². The van der Waals surface area contributed by atoms with E-state index in [1.165, 1.54) is 5.39 Å². The Hall–Kier alpha value is -1.74. The minimum Gasteiger partial charge on any atom is -0.494 e. The number of hydrogen-bond donors (Lipinski definition) is 2. The highest BCUT2D eigenvalue weighted by Gasteiger charge is 2.06. The van der Waals surface area contributed by atoms with Gasteiger partial charge in [-0.15, -0.1) is 0 Å². The monoisotopic (exact) mass is 216 g/mol. The molecule has 3 nitrogen and oxygen atoms in total. The van der Waals surface area contributed by atoms with E-state index in [-0.39, 0.29) is 0 Å². The predicted octanol–water partition coefficient (Wildman–Crippen LogP) is 2.22. The summed E-state index contributed by atoms with van der Waals surface area (Å²) >= 11 is 0. The number of nitrogens with two attached hydrogens (primary N) is 1. The zero-order valence-corrected chi connectivity index (χ0v) is 9.36. The third kappa shape index (κ3) is 1.95. The van der Waals surface area contributed by atoms with Crippen LogP contribution in [0.4, 0.5) is 5.69 Å². The van der Waals surface area contributed by atoms with Gasteiger partial charge >= 0.3 is 0 Å². The van der Waals surface area contributed by atoms with Gasteiger partial charge in [-0.2, -0.15) is 0 Å². The van der Waals surface area contributed by atoms with Gasteiger partial charge in [0.15, 0.2) is 0 Å². The molecule has 0 saturated heterocycles. The van der Waals surface area contributed by atoms with Crippen LogP contribution in [0.15, 0.2) is 36.4 Å². The highest BCUT2D eigenvalue weighted by molar-refractivity contribution is 5.93.